The van der Waals surface area contributed by atoms with Crippen molar-refractivity contribution in [2.24, 2.45) is 0 Å². The highest BCUT2D eigenvalue weighted by molar-refractivity contribution is 6.02. The Morgan fingerprint density at radius 3 is 2.94 bits per heavy atom. The van der Waals surface area contributed by atoms with Gasteiger partial charge in [-0.3, -0.25) is 9.89 Å². The lowest BCUT2D eigenvalue weighted by Gasteiger charge is -2.02. The zero-order valence-electron chi connectivity index (χ0n) is 9.82. The zero-order chi connectivity index (χ0) is 12.3. The number of amides is 1. The van der Waals surface area contributed by atoms with Gasteiger partial charge in [0.25, 0.3) is 5.91 Å². The molecule has 2 aromatic rings. The molecule has 0 saturated heterocycles. The lowest BCUT2D eigenvalue weighted by atomic mass is 10.3. The van der Waals surface area contributed by atoms with E-state index in [4.69, 9.17) is 0 Å². The summed E-state index contributed by atoms with van der Waals surface area (Å²) in [5, 5.41) is 9.45. The molecule has 0 aliphatic rings. The molecule has 0 aromatic carbocycles. The Kier molecular flexibility index (Phi) is 3.18. The maximum absolute atomic E-state index is 11.8. The van der Waals surface area contributed by atoms with Crippen LogP contribution in [0.15, 0.2) is 24.4 Å². The van der Waals surface area contributed by atoms with E-state index in [9.17, 15) is 4.79 Å². The first-order chi connectivity index (χ1) is 8.19. The second-order valence-electron chi connectivity index (χ2n) is 3.80. The summed E-state index contributed by atoms with van der Waals surface area (Å²) in [5.74, 6) is 0.287. The minimum Gasteiger partial charge on any atom is -0.305 e. The number of carbonyl (C=O) groups is 1. The van der Waals surface area contributed by atoms with Crippen LogP contribution >= 0.6 is 0 Å². The number of hydrogen-bond acceptors (Lipinski definition) is 3. The quantitative estimate of drug-likeness (QED) is 0.846. The highest BCUT2D eigenvalue weighted by Gasteiger charge is 2.10. The van der Waals surface area contributed by atoms with Crippen molar-refractivity contribution in [1.82, 2.24) is 15.2 Å². The van der Waals surface area contributed by atoms with Gasteiger partial charge in [-0.25, -0.2) is 4.98 Å². The molecule has 2 heterocycles. The fourth-order valence-corrected chi connectivity index (χ4v) is 1.44. The summed E-state index contributed by atoms with van der Waals surface area (Å²) in [7, 11) is 0. The van der Waals surface area contributed by atoms with Crippen molar-refractivity contribution in [3.05, 3.63) is 41.3 Å². The Labute approximate surface area is 99.3 Å². The minimum absolute atomic E-state index is 0.251. The van der Waals surface area contributed by atoms with Crippen molar-refractivity contribution in [3.63, 3.8) is 0 Å². The summed E-state index contributed by atoms with van der Waals surface area (Å²) in [5.41, 5.74) is 2.36. The maximum Gasteiger partial charge on any atom is 0.277 e. The third kappa shape index (κ3) is 2.69. The molecule has 5 nitrogen and oxygen atoms in total. The van der Waals surface area contributed by atoms with Crippen LogP contribution in [0.4, 0.5) is 5.82 Å². The topological polar surface area (TPSA) is 70.7 Å². The molecule has 0 atom stereocenters. The first-order valence-electron chi connectivity index (χ1n) is 5.47. The SMILES string of the molecule is CCc1cc(C(=O)Nc2cc(C)ccn2)n[nH]1. The van der Waals surface area contributed by atoms with Crippen LogP contribution < -0.4 is 5.32 Å². The number of aromatic amines is 1. The summed E-state index contributed by atoms with van der Waals surface area (Å²) in [6.45, 7) is 3.94. The standard InChI is InChI=1S/C12H14N4O/c1-3-9-7-10(16-15-9)12(17)14-11-6-8(2)4-5-13-11/h4-7H,3H2,1-2H3,(H,15,16)(H,13,14,17). The van der Waals surface area contributed by atoms with Gasteiger partial charge in [0.1, 0.15) is 5.82 Å². The molecule has 1 amide bonds. The number of aryl methyl sites for hydroxylation is 2. The van der Waals surface area contributed by atoms with E-state index < -0.39 is 0 Å². The normalized spacial score (nSPS) is 10.2. The summed E-state index contributed by atoms with van der Waals surface area (Å²) >= 11 is 0. The Morgan fingerprint density at radius 1 is 1.47 bits per heavy atom. The number of hydrogen-bond donors (Lipinski definition) is 2. The molecule has 2 rings (SSSR count). The van der Waals surface area contributed by atoms with E-state index in [2.05, 4.69) is 20.5 Å². The number of pyridine rings is 1. The summed E-state index contributed by atoms with van der Waals surface area (Å²) in [6.07, 6.45) is 2.48. The summed E-state index contributed by atoms with van der Waals surface area (Å²) < 4.78 is 0. The van der Waals surface area contributed by atoms with Crippen LogP contribution in [0.3, 0.4) is 0 Å². The average Bonchev–Trinajstić information content (AvgIpc) is 2.77. The smallest absolute Gasteiger partial charge is 0.277 e. The van der Waals surface area contributed by atoms with E-state index in [1.165, 1.54) is 0 Å². The molecule has 17 heavy (non-hydrogen) atoms. The number of anilines is 1. The highest BCUT2D eigenvalue weighted by atomic mass is 16.2. The first-order valence-corrected chi connectivity index (χ1v) is 5.47. The minimum atomic E-state index is -0.251. The van der Waals surface area contributed by atoms with Crippen molar-refractivity contribution in [1.29, 1.82) is 0 Å². The monoisotopic (exact) mass is 230 g/mol. The second kappa shape index (κ2) is 4.78. The molecule has 0 unspecified atom stereocenters. The molecule has 0 bridgehead atoms. The second-order valence-corrected chi connectivity index (χ2v) is 3.80. The van der Waals surface area contributed by atoms with Crippen LogP contribution in [0.1, 0.15) is 28.7 Å². The predicted octanol–water partition coefficient (Wildman–Crippen LogP) is 1.93. The van der Waals surface area contributed by atoms with E-state index >= 15 is 0 Å². The average molecular weight is 230 g/mol. The van der Waals surface area contributed by atoms with Gasteiger partial charge in [0.15, 0.2) is 5.69 Å². The molecule has 0 fully saturated rings. The molecular formula is C12H14N4O. The van der Waals surface area contributed by atoms with Gasteiger partial charge in [-0.05, 0) is 37.1 Å². The first kappa shape index (κ1) is 11.3. The van der Waals surface area contributed by atoms with Gasteiger partial charge in [0.05, 0.1) is 0 Å². The molecule has 0 aliphatic carbocycles. The van der Waals surface area contributed by atoms with E-state index in [-0.39, 0.29) is 5.91 Å². The predicted molar refractivity (Wildman–Crippen MR) is 64.9 cm³/mol. The van der Waals surface area contributed by atoms with Crippen LogP contribution in [0.5, 0.6) is 0 Å². The van der Waals surface area contributed by atoms with Crippen molar-refractivity contribution in [2.75, 3.05) is 5.32 Å². The van der Waals surface area contributed by atoms with Crippen LogP contribution in [-0.4, -0.2) is 21.1 Å². The molecule has 2 N–H and O–H groups in total. The van der Waals surface area contributed by atoms with Crippen molar-refractivity contribution < 1.29 is 4.79 Å². The van der Waals surface area contributed by atoms with Crippen molar-refractivity contribution in [2.45, 2.75) is 20.3 Å². The third-order valence-electron chi connectivity index (χ3n) is 2.40. The lowest BCUT2D eigenvalue weighted by Crippen LogP contribution is -2.13. The molecule has 0 spiro atoms. The number of rotatable bonds is 3. The van der Waals surface area contributed by atoms with Crippen LogP contribution in [0.25, 0.3) is 0 Å². The molecule has 0 aliphatic heterocycles. The van der Waals surface area contributed by atoms with Crippen molar-refractivity contribution in [3.8, 4) is 0 Å². The van der Waals surface area contributed by atoms with Gasteiger partial charge < -0.3 is 5.32 Å². The van der Waals surface area contributed by atoms with Gasteiger partial charge >= 0.3 is 0 Å². The molecule has 5 heteroatoms. The number of H-pyrrole nitrogens is 1. The Morgan fingerprint density at radius 2 is 2.29 bits per heavy atom. The van der Waals surface area contributed by atoms with Gasteiger partial charge in [0.2, 0.25) is 0 Å². The largest absolute Gasteiger partial charge is 0.305 e. The van der Waals surface area contributed by atoms with Gasteiger partial charge in [-0.1, -0.05) is 6.92 Å². The summed E-state index contributed by atoms with van der Waals surface area (Å²) in [4.78, 5) is 15.9. The van der Waals surface area contributed by atoms with Crippen LogP contribution in [-0.2, 0) is 6.42 Å². The third-order valence-corrected chi connectivity index (χ3v) is 2.40. The molecule has 88 valence electrons. The number of nitrogens with zero attached hydrogens (tertiary/aromatic N) is 2. The molecule has 2 aromatic heterocycles. The van der Waals surface area contributed by atoms with E-state index in [1.54, 1.807) is 12.3 Å². The molecule has 0 radical (unpaired) electrons. The van der Waals surface area contributed by atoms with Crippen LogP contribution in [0.2, 0.25) is 0 Å². The maximum atomic E-state index is 11.8. The number of aromatic nitrogens is 3. The van der Waals surface area contributed by atoms with E-state index in [0.29, 0.717) is 11.5 Å². The van der Waals surface area contributed by atoms with Crippen LogP contribution in [0, 0.1) is 6.92 Å². The van der Waals surface area contributed by atoms with E-state index in [0.717, 1.165) is 17.7 Å². The lowest BCUT2D eigenvalue weighted by molar-refractivity contribution is 0.102. The van der Waals surface area contributed by atoms with E-state index in [1.807, 2.05) is 26.0 Å². The van der Waals surface area contributed by atoms with Gasteiger partial charge in [0, 0.05) is 11.9 Å². The Balaban J connectivity index is 2.11. The zero-order valence-corrected chi connectivity index (χ0v) is 9.82. The Hall–Kier alpha value is -2.17. The fraction of sp³-hybridized carbons (Fsp3) is 0.250. The summed E-state index contributed by atoms with van der Waals surface area (Å²) in [6, 6.07) is 5.43. The number of nitrogens with one attached hydrogen (secondary N) is 2. The molecular weight excluding hydrogens is 216 g/mol. The molecule has 0 saturated carbocycles. The van der Waals surface area contributed by atoms with Crippen molar-refractivity contribution >= 4 is 11.7 Å². The highest BCUT2D eigenvalue weighted by Crippen LogP contribution is 2.08. The number of carbonyl (C=O) groups excluding carboxylic acids is 1. The van der Waals surface area contributed by atoms with Gasteiger partial charge in [-0.2, -0.15) is 5.10 Å². The Bertz CT molecular complexity index is 533. The fourth-order valence-electron chi connectivity index (χ4n) is 1.44. The van der Waals surface area contributed by atoms with Gasteiger partial charge in [-0.15, -0.1) is 0 Å².